The first-order chi connectivity index (χ1) is 12.6. The molecule has 4 atom stereocenters. The SMILES string of the molecule is CC1O[C@]2(CS1)CN1CCC2CC1.CC1O[C@]2(CS1)CN1CCC2CC1.Cl.Cl.O. The van der Waals surface area contributed by atoms with Crippen LogP contribution in [0.1, 0.15) is 39.5 Å². The lowest BCUT2D eigenvalue weighted by Gasteiger charge is -2.50. The minimum Gasteiger partial charge on any atom is -0.412 e. The van der Waals surface area contributed by atoms with Gasteiger partial charge in [-0.25, -0.2) is 0 Å². The van der Waals surface area contributed by atoms with Crippen LogP contribution in [0.5, 0.6) is 0 Å². The van der Waals surface area contributed by atoms with Gasteiger partial charge in [0.1, 0.15) is 10.9 Å². The second kappa shape index (κ2) is 10.3. The molecule has 0 amide bonds. The Bertz CT molecular complexity index is 490. The summed E-state index contributed by atoms with van der Waals surface area (Å²) in [6, 6.07) is 0. The highest BCUT2D eigenvalue weighted by atomic mass is 35.5. The van der Waals surface area contributed by atoms with E-state index in [9.17, 15) is 0 Å². The summed E-state index contributed by atoms with van der Waals surface area (Å²) in [5, 5.41) is 0. The Labute approximate surface area is 196 Å². The summed E-state index contributed by atoms with van der Waals surface area (Å²) in [6.45, 7) is 12.0. The molecule has 29 heavy (non-hydrogen) atoms. The number of piperidine rings is 6. The summed E-state index contributed by atoms with van der Waals surface area (Å²) in [4.78, 5) is 5.16. The maximum absolute atomic E-state index is 6.14. The van der Waals surface area contributed by atoms with Crippen molar-refractivity contribution in [2.24, 2.45) is 11.8 Å². The molecule has 5 nitrogen and oxygen atoms in total. The molecule has 0 radical (unpaired) electrons. The van der Waals surface area contributed by atoms with Crippen LogP contribution < -0.4 is 0 Å². The van der Waals surface area contributed by atoms with Crippen molar-refractivity contribution < 1.29 is 14.9 Å². The molecule has 2 unspecified atom stereocenters. The summed E-state index contributed by atoms with van der Waals surface area (Å²) < 4.78 is 12.3. The van der Waals surface area contributed by atoms with Gasteiger partial charge in [0.05, 0.1) is 11.2 Å². The zero-order chi connectivity index (χ0) is 17.8. The van der Waals surface area contributed by atoms with Gasteiger partial charge in [-0.05, 0) is 77.5 Å². The molecule has 2 N–H and O–H groups in total. The van der Waals surface area contributed by atoms with Crippen molar-refractivity contribution >= 4 is 48.3 Å². The fraction of sp³-hybridized carbons (Fsp3) is 1.00. The van der Waals surface area contributed by atoms with Gasteiger partial charge in [-0.1, -0.05) is 0 Å². The molecule has 0 saturated carbocycles. The molecule has 4 bridgehead atoms. The molecule has 8 aliphatic heterocycles. The van der Waals surface area contributed by atoms with Gasteiger partial charge in [-0.3, -0.25) is 0 Å². The van der Waals surface area contributed by atoms with E-state index in [1.165, 1.54) is 76.5 Å². The molecule has 172 valence electrons. The summed E-state index contributed by atoms with van der Waals surface area (Å²) >= 11 is 3.99. The lowest BCUT2D eigenvalue weighted by molar-refractivity contribution is -0.133. The Morgan fingerprint density at radius 2 is 1.03 bits per heavy atom. The Morgan fingerprint density at radius 3 is 1.24 bits per heavy atom. The number of rotatable bonds is 0. The molecule has 9 heteroatoms. The van der Waals surface area contributed by atoms with Gasteiger partial charge in [0.15, 0.2) is 0 Å². The van der Waals surface area contributed by atoms with Gasteiger partial charge in [-0.15, -0.1) is 48.3 Å². The van der Waals surface area contributed by atoms with E-state index in [2.05, 4.69) is 23.6 Å². The molecule has 0 aromatic rings. The van der Waals surface area contributed by atoms with E-state index in [4.69, 9.17) is 9.47 Å². The number of ether oxygens (including phenoxy) is 2. The van der Waals surface area contributed by atoms with Crippen molar-refractivity contribution in [3.8, 4) is 0 Å². The minimum absolute atomic E-state index is 0. The monoisotopic (exact) mass is 488 g/mol. The molecular formula is C20H38Cl2N2O3S2. The minimum atomic E-state index is 0. The van der Waals surface area contributed by atoms with E-state index in [0.717, 1.165) is 11.8 Å². The lowest BCUT2D eigenvalue weighted by Crippen LogP contribution is -2.60. The number of fused-ring (bicyclic) bond motifs is 4. The lowest BCUT2D eigenvalue weighted by atomic mass is 9.76. The van der Waals surface area contributed by atoms with Crippen LogP contribution in [0, 0.1) is 11.8 Å². The van der Waals surface area contributed by atoms with Crippen LogP contribution in [0.25, 0.3) is 0 Å². The van der Waals surface area contributed by atoms with Gasteiger partial charge in [0, 0.05) is 24.6 Å². The van der Waals surface area contributed by atoms with Crippen LogP contribution in [0.2, 0.25) is 0 Å². The maximum Gasteiger partial charge on any atom is 0.101 e. The third-order valence-corrected chi connectivity index (χ3v) is 10.0. The molecular weight excluding hydrogens is 451 g/mol. The zero-order valence-corrected chi connectivity index (χ0v) is 20.9. The number of halogens is 2. The van der Waals surface area contributed by atoms with Crippen molar-refractivity contribution in [2.75, 3.05) is 50.8 Å². The van der Waals surface area contributed by atoms with Crippen LogP contribution in [0.3, 0.4) is 0 Å². The Balaban J connectivity index is 0.000000187. The fourth-order valence-corrected chi connectivity index (χ4v) is 8.50. The first kappa shape index (κ1) is 26.3. The van der Waals surface area contributed by atoms with Crippen molar-refractivity contribution in [1.29, 1.82) is 0 Å². The smallest absolute Gasteiger partial charge is 0.101 e. The van der Waals surface area contributed by atoms with Gasteiger partial charge in [-0.2, -0.15) is 0 Å². The topological polar surface area (TPSA) is 56.4 Å². The highest BCUT2D eigenvalue weighted by Crippen LogP contribution is 2.47. The molecule has 2 spiro atoms. The van der Waals surface area contributed by atoms with Crippen LogP contribution in [-0.2, 0) is 9.47 Å². The second-order valence-electron chi connectivity index (χ2n) is 9.22. The quantitative estimate of drug-likeness (QED) is 0.521. The van der Waals surface area contributed by atoms with Crippen molar-refractivity contribution in [1.82, 2.24) is 9.80 Å². The summed E-state index contributed by atoms with van der Waals surface area (Å²) in [5.41, 5.74) is 1.36. The van der Waals surface area contributed by atoms with Crippen LogP contribution >= 0.6 is 48.3 Å². The first-order valence-electron chi connectivity index (χ1n) is 10.6. The molecule has 0 aliphatic carbocycles. The van der Waals surface area contributed by atoms with E-state index < -0.39 is 0 Å². The van der Waals surface area contributed by atoms with Gasteiger partial charge < -0.3 is 24.7 Å². The summed E-state index contributed by atoms with van der Waals surface area (Å²) in [6.07, 6.45) is 5.47. The molecule has 0 aromatic heterocycles. The van der Waals surface area contributed by atoms with E-state index in [1.54, 1.807) is 0 Å². The van der Waals surface area contributed by atoms with Gasteiger partial charge >= 0.3 is 0 Å². The fourth-order valence-electron chi connectivity index (χ4n) is 6.16. The van der Waals surface area contributed by atoms with Crippen LogP contribution in [0.15, 0.2) is 0 Å². The third-order valence-electron chi connectivity index (χ3n) is 7.57. The normalized spacial score (nSPS) is 49.0. The number of thioether (sulfide) groups is 2. The summed E-state index contributed by atoms with van der Waals surface area (Å²) in [7, 11) is 0. The van der Waals surface area contributed by atoms with Crippen molar-refractivity contribution in [2.45, 2.75) is 61.6 Å². The average Bonchev–Trinajstić information content (AvgIpc) is 3.20. The average molecular weight is 490 g/mol. The van der Waals surface area contributed by atoms with Crippen LogP contribution in [0.4, 0.5) is 0 Å². The van der Waals surface area contributed by atoms with E-state index in [0.29, 0.717) is 10.9 Å². The number of hydrogen-bond donors (Lipinski definition) is 0. The third kappa shape index (κ3) is 5.03. The van der Waals surface area contributed by atoms with Gasteiger partial charge in [0.2, 0.25) is 0 Å². The molecule has 8 fully saturated rings. The molecule has 8 rings (SSSR count). The Kier molecular flexibility index (Phi) is 9.39. The van der Waals surface area contributed by atoms with Gasteiger partial charge in [0.25, 0.3) is 0 Å². The maximum atomic E-state index is 6.14. The van der Waals surface area contributed by atoms with Crippen molar-refractivity contribution in [3.63, 3.8) is 0 Å². The molecule has 0 aromatic carbocycles. The van der Waals surface area contributed by atoms with Crippen molar-refractivity contribution in [3.05, 3.63) is 0 Å². The first-order valence-corrected chi connectivity index (χ1v) is 12.7. The Hall–Kier alpha value is 1.08. The molecule has 8 saturated heterocycles. The Morgan fingerprint density at radius 1 is 0.690 bits per heavy atom. The predicted molar refractivity (Wildman–Crippen MR) is 128 cm³/mol. The number of nitrogens with zero attached hydrogens (tertiary/aromatic N) is 2. The summed E-state index contributed by atoms with van der Waals surface area (Å²) in [5.74, 6) is 4.18. The molecule has 8 heterocycles. The van der Waals surface area contributed by atoms with E-state index in [1.807, 2.05) is 23.5 Å². The predicted octanol–water partition coefficient (Wildman–Crippen LogP) is 3.14. The standard InChI is InChI=1S/2C10H17NOS.2ClH.H2O/c2*1-8-12-10(7-13-8)6-11-4-2-9(10)3-5-11;;;/h2*8-9H,2-7H2,1H3;2*1H;1H2/t2*8?,10-;;;/m00.../s1. The van der Waals surface area contributed by atoms with E-state index >= 15 is 0 Å². The second-order valence-corrected chi connectivity index (χ2v) is 11.8. The number of hydrogen-bond acceptors (Lipinski definition) is 6. The largest absolute Gasteiger partial charge is 0.412 e. The zero-order valence-electron chi connectivity index (χ0n) is 17.6. The highest BCUT2D eigenvalue weighted by Gasteiger charge is 2.52. The molecule has 8 aliphatic rings. The van der Waals surface area contributed by atoms with Crippen LogP contribution in [-0.4, -0.2) is 88.1 Å². The highest BCUT2D eigenvalue weighted by molar-refractivity contribution is 8.00. The van der Waals surface area contributed by atoms with E-state index in [-0.39, 0.29) is 41.5 Å².